The largest absolute Gasteiger partial charge is 0.486 e. The number of ether oxygens (including phenoxy) is 1. The van der Waals surface area contributed by atoms with Gasteiger partial charge in [0, 0.05) is 0 Å². The van der Waals surface area contributed by atoms with Gasteiger partial charge in [0.05, 0.1) is 10.0 Å². The highest BCUT2D eigenvalue weighted by Gasteiger charge is 2.31. The third-order valence-corrected chi connectivity index (χ3v) is 2.28. The van der Waals surface area contributed by atoms with Crippen LogP contribution < -0.4 is 4.74 Å². The van der Waals surface area contributed by atoms with Crippen LogP contribution in [0, 0.1) is 0 Å². The maximum absolute atomic E-state index is 12.3. The minimum atomic E-state index is -4.52. The van der Waals surface area contributed by atoms with E-state index in [-0.39, 0.29) is 10.2 Å². The van der Waals surface area contributed by atoms with Gasteiger partial charge in [0.15, 0.2) is 0 Å². The van der Waals surface area contributed by atoms with Gasteiger partial charge in [-0.1, -0.05) is 0 Å². The fourth-order valence-electron chi connectivity index (χ4n) is 0.943. The van der Waals surface area contributed by atoms with E-state index in [1.807, 2.05) is 0 Å². The molecule has 0 atom stereocenters. The highest BCUT2D eigenvalue weighted by atomic mass is 79.9. The van der Waals surface area contributed by atoms with Crippen LogP contribution in [0.5, 0.6) is 5.75 Å². The molecule has 0 aliphatic rings. The summed E-state index contributed by atoms with van der Waals surface area (Å²) in [6.45, 7) is -0.945. The molecule has 1 rings (SSSR count). The molecule has 0 heterocycles. The van der Waals surface area contributed by atoms with Crippen LogP contribution in [0.2, 0.25) is 0 Å². The average Bonchev–Trinajstić information content (AvgIpc) is 2.14. The van der Waals surface area contributed by atoms with Gasteiger partial charge in [-0.3, -0.25) is 0 Å². The molecule has 0 fully saturated rings. The molecule has 0 aliphatic carbocycles. The van der Waals surface area contributed by atoms with Crippen molar-refractivity contribution in [2.45, 2.75) is 12.6 Å². The summed E-state index contributed by atoms with van der Waals surface area (Å²) in [5.41, 5.74) is -0.944. The molecule has 1 aromatic rings. The summed E-state index contributed by atoms with van der Waals surface area (Å²) in [6, 6.07) is 2.61. The van der Waals surface area contributed by atoms with Crippen molar-refractivity contribution in [2.24, 2.45) is 0 Å². The first kappa shape index (κ1) is 13.2. The maximum atomic E-state index is 12.3. The van der Waals surface area contributed by atoms with Crippen molar-refractivity contribution < 1.29 is 26.7 Å². The van der Waals surface area contributed by atoms with Gasteiger partial charge in [0.1, 0.15) is 12.4 Å². The second kappa shape index (κ2) is 4.99. The van der Waals surface area contributed by atoms with Crippen LogP contribution >= 0.6 is 15.9 Å². The van der Waals surface area contributed by atoms with E-state index in [4.69, 9.17) is 0 Å². The fraction of sp³-hybridized carbons (Fsp3) is 0.333. The van der Waals surface area contributed by atoms with E-state index in [1.165, 1.54) is 0 Å². The minimum absolute atomic E-state index is 0.196. The van der Waals surface area contributed by atoms with E-state index in [0.29, 0.717) is 6.07 Å². The summed E-state index contributed by atoms with van der Waals surface area (Å²) in [4.78, 5) is 0. The monoisotopic (exact) mass is 304 g/mol. The average molecular weight is 305 g/mol. The number of hydrogen-bond acceptors (Lipinski definition) is 1. The van der Waals surface area contributed by atoms with Crippen LogP contribution in [-0.2, 0) is 6.18 Å². The molecule has 0 saturated heterocycles. The standard InChI is InChI=1S/C9H6BrF5O/c10-6-2-1-5(9(13,14)15)3-7(6)16-4-8(11)12/h1-3,8H,4H2. The van der Waals surface area contributed by atoms with E-state index >= 15 is 0 Å². The number of hydrogen-bond donors (Lipinski definition) is 0. The Hall–Kier alpha value is -0.850. The fourth-order valence-corrected chi connectivity index (χ4v) is 1.30. The van der Waals surface area contributed by atoms with Crippen LogP contribution in [-0.4, -0.2) is 13.0 Å². The summed E-state index contributed by atoms with van der Waals surface area (Å²) in [7, 11) is 0. The molecule has 16 heavy (non-hydrogen) atoms. The highest BCUT2D eigenvalue weighted by Crippen LogP contribution is 2.35. The smallest absolute Gasteiger partial charge is 0.416 e. The summed E-state index contributed by atoms with van der Waals surface area (Å²) >= 11 is 2.91. The van der Waals surface area contributed by atoms with Crippen molar-refractivity contribution in [3.63, 3.8) is 0 Å². The zero-order chi connectivity index (χ0) is 12.3. The van der Waals surface area contributed by atoms with Gasteiger partial charge in [0.25, 0.3) is 6.43 Å². The van der Waals surface area contributed by atoms with Crippen LogP contribution in [0.4, 0.5) is 22.0 Å². The van der Waals surface area contributed by atoms with Crippen molar-refractivity contribution in [1.82, 2.24) is 0 Å². The summed E-state index contributed by atoms with van der Waals surface area (Å²) in [5, 5.41) is 0. The minimum Gasteiger partial charge on any atom is -0.486 e. The third kappa shape index (κ3) is 3.62. The quantitative estimate of drug-likeness (QED) is 0.764. The maximum Gasteiger partial charge on any atom is 0.416 e. The topological polar surface area (TPSA) is 9.23 Å². The van der Waals surface area contributed by atoms with Crippen molar-refractivity contribution >= 4 is 15.9 Å². The van der Waals surface area contributed by atoms with E-state index in [9.17, 15) is 22.0 Å². The first-order chi connectivity index (χ1) is 7.30. The van der Waals surface area contributed by atoms with Gasteiger partial charge >= 0.3 is 6.18 Å². The molecule has 7 heteroatoms. The molecule has 0 spiro atoms. The Labute approximate surface area is 96.3 Å². The Morgan fingerprint density at radius 2 is 1.88 bits per heavy atom. The lowest BCUT2D eigenvalue weighted by Gasteiger charge is -2.11. The molecule has 0 unspecified atom stereocenters. The van der Waals surface area contributed by atoms with Gasteiger partial charge in [-0.2, -0.15) is 13.2 Å². The number of rotatable bonds is 3. The molecule has 90 valence electrons. The molecule has 0 N–H and O–H groups in total. The molecule has 0 radical (unpaired) electrons. The van der Waals surface area contributed by atoms with Crippen LogP contribution in [0.3, 0.4) is 0 Å². The molecule has 0 saturated carbocycles. The van der Waals surface area contributed by atoms with Crippen LogP contribution in [0.25, 0.3) is 0 Å². The lowest BCUT2D eigenvalue weighted by Crippen LogP contribution is -2.09. The number of alkyl halides is 5. The summed E-state index contributed by atoms with van der Waals surface area (Å²) in [6.07, 6.45) is -7.26. The Kier molecular flexibility index (Phi) is 4.12. The molecule has 0 bridgehead atoms. The Morgan fingerprint density at radius 3 is 2.38 bits per heavy atom. The second-order valence-corrected chi connectivity index (χ2v) is 3.70. The number of benzene rings is 1. The predicted molar refractivity (Wildman–Crippen MR) is 50.6 cm³/mol. The Balaban J connectivity index is 2.91. The van der Waals surface area contributed by atoms with E-state index in [0.717, 1.165) is 12.1 Å². The van der Waals surface area contributed by atoms with Gasteiger partial charge in [-0.15, -0.1) is 0 Å². The third-order valence-electron chi connectivity index (χ3n) is 1.62. The van der Waals surface area contributed by atoms with Crippen molar-refractivity contribution in [2.75, 3.05) is 6.61 Å². The van der Waals surface area contributed by atoms with E-state index in [2.05, 4.69) is 20.7 Å². The normalized spacial score (nSPS) is 11.9. The first-order valence-corrected chi connectivity index (χ1v) is 4.87. The SMILES string of the molecule is FC(F)COc1cc(C(F)(F)F)ccc1Br. The van der Waals surface area contributed by atoms with Gasteiger partial charge in [0.2, 0.25) is 0 Å². The van der Waals surface area contributed by atoms with Crippen molar-refractivity contribution in [1.29, 1.82) is 0 Å². The second-order valence-electron chi connectivity index (χ2n) is 2.85. The number of halogens is 6. The molecule has 0 amide bonds. The van der Waals surface area contributed by atoms with E-state index < -0.39 is 24.8 Å². The molecule has 0 aromatic heterocycles. The van der Waals surface area contributed by atoms with Crippen molar-refractivity contribution in [3.05, 3.63) is 28.2 Å². The summed E-state index contributed by atoms with van der Waals surface area (Å²) in [5.74, 6) is -0.255. The first-order valence-electron chi connectivity index (χ1n) is 4.08. The zero-order valence-corrected chi connectivity index (χ0v) is 9.28. The molecule has 1 aromatic carbocycles. The van der Waals surface area contributed by atoms with Crippen molar-refractivity contribution in [3.8, 4) is 5.75 Å². The van der Waals surface area contributed by atoms with E-state index in [1.54, 1.807) is 0 Å². The molecular formula is C9H6BrF5O. The molecular weight excluding hydrogens is 299 g/mol. The summed E-state index contributed by atoms with van der Waals surface area (Å²) < 4.78 is 65.2. The highest BCUT2D eigenvalue weighted by molar-refractivity contribution is 9.10. The van der Waals surface area contributed by atoms with Crippen LogP contribution in [0.15, 0.2) is 22.7 Å². The Bertz CT molecular complexity index is 363. The Morgan fingerprint density at radius 1 is 1.25 bits per heavy atom. The van der Waals surface area contributed by atoms with Gasteiger partial charge < -0.3 is 4.74 Å². The zero-order valence-electron chi connectivity index (χ0n) is 7.69. The molecule has 1 nitrogen and oxygen atoms in total. The predicted octanol–water partition coefficient (Wildman–Crippen LogP) is 4.11. The molecule has 0 aliphatic heterocycles. The lowest BCUT2D eigenvalue weighted by atomic mass is 10.2. The van der Waals surface area contributed by atoms with Gasteiger partial charge in [-0.05, 0) is 34.1 Å². The van der Waals surface area contributed by atoms with Crippen LogP contribution in [0.1, 0.15) is 5.56 Å². The lowest BCUT2D eigenvalue weighted by molar-refractivity contribution is -0.137. The van der Waals surface area contributed by atoms with Gasteiger partial charge in [-0.25, -0.2) is 8.78 Å².